The molecule has 0 spiro atoms. The summed E-state index contributed by atoms with van der Waals surface area (Å²) in [5.74, 6) is 0.720. The summed E-state index contributed by atoms with van der Waals surface area (Å²) in [6.07, 6.45) is 3.69. The molecule has 0 bridgehead atoms. The summed E-state index contributed by atoms with van der Waals surface area (Å²) in [5, 5.41) is 4.56. The Morgan fingerprint density at radius 2 is 1.97 bits per heavy atom. The lowest BCUT2D eigenvalue weighted by Crippen LogP contribution is -2.35. The van der Waals surface area contributed by atoms with Crippen molar-refractivity contribution in [3.8, 4) is 5.75 Å². The number of carbonyl (C=O) groups excluding carboxylic acids is 1. The summed E-state index contributed by atoms with van der Waals surface area (Å²) >= 11 is 0. The van der Waals surface area contributed by atoms with E-state index >= 15 is 0 Å². The van der Waals surface area contributed by atoms with Crippen molar-refractivity contribution >= 4 is 11.6 Å². The minimum absolute atomic E-state index is 0.000772. The Morgan fingerprint density at radius 1 is 1.21 bits per heavy atom. The van der Waals surface area contributed by atoms with E-state index in [9.17, 15) is 4.79 Å². The summed E-state index contributed by atoms with van der Waals surface area (Å²) < 4.78 is 7.66. The SMILES string of the molecule is Cc1cc2nccc([C@H]3CCCN3C(=O)COc3ccc(C(C)(C)C)cc3)n2n1. The Morgan fingerprint density at radius 3 is 2.69 bits per heavy atom. The van der Waals surface area contributed by atoms with Crippen molar-refractivity contribution < 1.29 is 9.53 Å². The van der Waals surface area contributed by atoms with E-state index in [1.807, 2.05) is 40.6 Å². The van der Waals surface area contributed by atoms with Crippen LogP contribution in [0.15, 0.2) is 42.6 Å². The van der Waals surface area contributed by atoms with Gasteiger partial charge in [-0.2, -0.15) is 5.10 Å². The molecule has 1 fully saturated rings. The van der Waals surface area contributed by atoms with Crippen molar-refractivity contribution in [2.75, 3.05) is 13.2 Å². The van der Waals surface area contributed by atoms with Crippen molar-refractivity contribution in [3.05, 3.63) is 59.5 Å². The first-order chi connectivity index (χ1) is 13.8. The normalized spacial score (nSPS) is 17.1. The zero-order chi connectivity index (χ0) is 20.6. The van der Waals surface area contributed by atoms with Gasteiger partial charge in [0.25, 0.3) is 5.91 Å². The van der Waals surface area contributed by atoms with Crippen LogP contribution in [0.4, 0.5) is 0 Å². The van der Waals surface area contributed by atoms with Crippen LogP contribution >= 0.6 is 0 Å². The Labute approximate surface area is 171 Å². The lowest BCUT2D eigenvalue weighted by atomic mass is 9.87. The highest BCUT2D eigenvalue weighted by Crippen LogP contribution is 2.32. The quantitative estimate of drug-likeness (QED) is 0.671. The van der Waals surface area contributed by atoms with E-state index in [-0.39, 0.29) is 24.0 Å². The highest BCUT2D eigenvalue weighted by atomic mass is 16.5. The van der Waals surface area contributed by atoms with Crippen molar-refractivity contribution in [2.24, 2.45) is 0 Å². The second-order valence-electron chi connectivity index (χ2n) is 8.73. The van der Waals surface area contributed by atoms with Gasteiger partial charge in [-0.1, -0.05) is 32.9 Å². The minimum atomic E-state index is -0.000772. The van der Waals surface area contributed by atoms with Gasteiger partial charge in [0.2, 0.25) is 0 Å². The summed E-state index contributed by atoms with van der Waals surface area (Å²) in [5.41, 5.74) is 4.07. The van der Waals surface area contributed by atoms with Crippen molar-refractivity contribution in [1.82, 2.24) is 19.5 Å². The van der Waals surface area contributed by atoms with Crippen molar-refractivity contribution in [2.45, 2.75) is 52.0 Å². The van der Waals surface area contributed by atoms with Gasteiger partial charge >= 0.3 is 0 Å². The molecular weight excluding hydrogens is 364 g/mol. The number of carbonyl (C=O) groups is 1. The van der Waals surface area contributed by atoms with E-state index in [1.54, 1.807) is 6.20 Å². The molecule has 6 nitrogen and oxygen atoms in total. The molecule has 152 valence electrons. The molecule has 0 saturated carbocycles. The smallest absolute Gasteiger partial charge is 0.261 e. The third-order valence-corrected chi connectivity index (χ3v) is 5.51. The number of hydrogen-bond acceptors (Lipinski definition) is 4. The van der Waals surface area contributed by atoms with Crippen molar-refractivity contribution in [1.29, 1.82) is 0 Å². The van der Waals surface area contributed by atoms with Gasteiger partial charge in [-0.05, 0) is 48.9 Å². The molecule has 4 rings (SSSR count). The monoisotopic (exact) mass is 392 g/mol. The van der Waals surface area contributed by atoms with E-state index in [1.165, 1.54) is 5.56 Å². The van der Waals surface area contributed by atoms with Crippen LogP contribution in [0.2, 0.25) is 0 Å². The second-order valence-corrected chi connectivity index (χ2v) is 8.73. The van der Waals surface area contributed by atoms with Gasteiger partial charge in [0.1, 0.15) is 5.75 Å². The van der Waals surface area contributed by atoms with E-state index < -0.39 is 0 Å². The fourth-order valence-electron chi connectivity index (χ4n) is 3.93. The van der Waals surface area contributed by atoms with Crippen molar-refractivity contribution in [3.63, 3.8) is 0 Å². The number of aromatic nitrogens is 3. The zero-order valence-corrected chi connectivity index (χ0v) is 17.6. The second kappa shape index (κ2) is 7.50. The molecule has 1 aliphatic heterocycles. The third-order valence-electron chi connectivity index (χ3n) is 5.51. The van der Waals surface area contributed by atoms with Crippen LogP contribution in [0.3, 0.4) is 0 Å². The van der Waals surface area contributed by atoms with Crippen LogP contribution in [-0.2, 0) is 10.2 Å². The lowest BCUT2D eigenvalue weighted by Gasteiger charge is -2.25. The molecule has 1 atom stereocenters. The molecule has 1 saturated heterocycles. The largest absolute Gasteiger partial charge is 0.484 e. The first-order valence-corrected chi connectivity index (χ1v) is 10.2. The number of nitrogens with zero attached hydrogens (tertiary/aromatic N) is 4. The minimum Gasteiger partial charge on any atom is -0.484 e. The van der Waals surface area contributed by atoms with E-state index in [4.69, 9.17) is 4.74 Å². The van der Waals surface area contributed by atoms with E-state index in [0.717, 1.165) is 42.2 Å². The Hall–Kier alpha value is -2.89. The van der Waals surface area contributed by atoms with Gasteiger partial charge in [-0.3, -0.25) is 4.79 Å². The van der Waals surface area contributed by atoms with Gasteiger partial charge in [0, 0.05) is 18.8 Å². The molecule has 6 heteroatoms. The standard InChI is InChI=1S/C23H28N4O2/c1-16-14-21-24-12-11-20(27(21)25-16)19-6-5-13-26(19)22(28)15-29-18-9-7-17(8-10-18)23(2,3)4/h7-12,14,19H,5-6,13,15H2,1-4H3/t19-/m1/s1. The lowest BCUT2D eigenvalue weighted by molar-refractivity contribution is -0.134. The van der Waals surface area contributed by atoms with Crippen LogP contribution in [0.25, 0.3) is 5.65 Å². The molecule has 1 aromatic carbocycles. The molecule has 2 aromatic heterocycles. The molecular formula is C23H28N4O2. The predicted molar refractivity (Wildman–Crippen MR) is 112 cm³/mol. The molecule has 29 heavy (non-hydrogen) atoms. The first kappa shape index (κ1) is 19.4. The fraction of sp³-hybridized carbons (Fsp3) is 0.435. The number of fused-ring (bicyclic) bond motifs is 1. The average Bonchev–Trinajstić information content (AvgIpc) is 3.31. The van der Waals surface area contributed by atoms with Gasteiger partial charge in [-0.25, -0.2) is 9.50 Å². The molecule has 3 heterocycles. The molecule has 0 unspecified atom stereocenters. The maximum atomic E-state index is 12.9. The van der Waals surface area contributed by atoms with Gasteiger partial charge in [-0.15, -0.1) is 0 Å². The predicted octanol–water partition coefficient (Wildman–Crippen LogP) is 4.08. The number of aryl methyl sites for hydroxylation is 1. The van der Waals surface area contributed by atoms with Crippen LogP contribution in [0.5, 0.6) is 5.75 Å². The van der Waals surface area contributed by atoms with Crippen LogP contribution in [-0.4, -0.2) is 38.6 Å². The summed E-state index contributed by atoms with van der Waals surface area (Å²) in [7, 11) is 0. The number of benzene rings is 1. The molecule has 1 amide bonds. The summed E-state index contributed by atoms with van der Waals surface area (Å²) in [6.45, 7) is 9.26. The highest BCUT2D eigenvalue weighted by Gasteiger charge is 2.32. The number of rotatable bonds is 4. The summed E-state index contributed by atoms with van der Waals surface area (Å²) in [6, 6.07) is 11.9. The van der Waals surface area contributed by atoms with E-state index in [2.05, 4.69) is 43.0 Å². The van der Waals surface area contributed by atoms with Crippen LogP contribution < -0.4 is 4.74 Å². The highest BCUT2D eigenvalue weighted by molar-refractivity contribution is 5.78. The van der Waals surface area contributed by atoms with Gasteiger partial charge < -0.3 is 9.64 Å². The topological polar surface area (TPSA) is 59.7 Å². The average molecular weight is 393 g/mol. The van der Waals surface area contributed by atoms with Gasteiger partial charge in [0.05, 0.1) is 17.4 Å². The zero-order valence-electron chi connectivity index (χ0n) is 17.6. The van der Waals surface area contributed by atoms with Gasteiger partial charge in [0.15, 0.2) is 12.3 Å². The van der Waals surface area contributed by atoms with Crippen LogP contribution in [0, 0.1) is 6.92 Å². The first-order valence-electron chi connectivity index (χ1n) is 10.2. The number of likely N-dealkylation sites (tertiary alicyclic amines) is 1. The van der Waals surface area contributed by atoms with Crippen LogP contribution in [0.1, 0.15) is 56.6 Å². The Balaban J connectivity index is 1.47. The third kappa shape index (κ3) is 3.97. The molecule has 0 radical (unpaired) electrons. The number of ether oxygens (including phenoxy) is 1. The fourth-order valence-corrected chi connectivity index (χ4v) is 3.93. The number of amides is 1. The maximum absolute atomic E-state index is 12.9. The molecule has 1 aliphatic rings. The number of hydrogen-bond donors (Lipinski definition) is 0. The Bertz CT molecular complexity index is 1020. The molecule has 3 aromatic rings. The maximum Gasteiger partial charge on any atom is 0.261 e. The van der Waals surface area contributed by atoms with E-state index in [0.29, 0.717) is 0 Å². The molecule has 0 aliphatic carbocycles. The summed E-state index contributed by atoms with van der Waals surface area (Å²) in [4.78, 5) is 19.2. The Kier molecular flexibility index (Phi) is 5.03. The molecule has 0 N–H and O–H groups in total.